The minimum Gasteiger partial charge on any atom is -0.481 e. The molecular formula is C12H18N2O4S2. The first-order valence-electron chi connectivity index (χ1n) is 6.40. The van der Waals surface area contributed by atoms with Crippen molar-refractivity contribution in [3.05, 3.63) is 17.0 Å². The highest BCUT2D eigenvalue weighted by atomic mass is 32.2. The Bertz CT molecular complexity index is 574. The fraction of sp³-hybridized carbons (Fsp3) is 0.583. The maximum absolute atomic E-state index is 12.4. The molecule has 20 heavy (non-hydrogen) atoms. The molecule has 0 atom stereocenters. The highest BCUT2D eigenvalue weighted by molar-refractivity contribution is 7.91. The molecule has 1 aliphatic rings. The summed E-state index contributed by atoms with van der Waals surface area (Å²) < 4.78 is 26.7. The van der Waals surface area contributed by atoms with Gasteiger partial charge in [0.15, 0.2) is 0 Å². The van der Waals surface area contributed by atoms with Crippen LogP contribution in [0.1, 0.15) is 11.3 Å². The van der Waals surface area contributed by atoms with E-state index in [1.54, 1.807) is 12.1 Å². The van der Waals surface area contributed by atoms with Crippen LogP contribution in [0.3, 0.4) is 0 Å². The van der Waals surface area contributed by atoms with Gasteiger partial charge < -0.3 is 10.0 Å². The summed E-state index contributed by atoms with van der Waals surface area (Å²) in [6, 6.07) is 3.45. The molecule has 2 heterocycles. The van der Waals surface area contributed by atoms with Crippen LogP contribution in [-0.4, -0.2) is 61.4 Å². The fourth-order valence-corrected chi connectivity index (χ4v) is 4.99. The Kier molecular flexibility index (Phi) is 4.79. The first kappa shape index (κ1) is 15.4. The number of rotatable bonds is 5. The number of thiophene rings is 1. The second-order valence-corrected chi connectivity index (χ2v) is 8.21. The predicted octanol–water partition coefficient (Wildman–Crippen LogP) is 0.838. The molecular weight excluding hydrogens is 300 g/mol. The van der Waals surface area contributed by atoms with Crippen LogP contribution in [0.15, 0.2) is 16.3 Å². The molecule has 0 saturated carbocycles. The Morgan fingerprint density at radius 3 is 2.45 bits per heavy atom. The Hall–Kier alpha value is -0.960. The summed E-state index contributed by atoms with van der Waals surface area (Å²) in [4.78, 5) is 13.5. The van der Waals surface area contributed by atoms with Gasteiger partial charge in [0.05, 0.1) is 6.42 Å². The summed E-state index contributed by atoms with van der Waals surface area (Å²) in [5, 5.41) is 8.64. The SMILES string of the molecule is Cc1ccc(S(=O)(=O)N2CCN(CCC(=O)O)CC2)s1. The number of carboxylic acid groups (broad SMARTS) is 1. The molecule has 0 aliphatic carbocycles. The van der Waals surface area contributed by atoms with E-state index in [0.717, 1.165) is 4.88 Å². The smallest absolute Gasteiger partial charge is 0.304 e. The zero-order valence-electron chi connectivity index (χ0n) is 11.3. The van der Waals surface area contributed by atoms with Crippen molar-refractivity contribution in [2.75, 3.05) is 32.7 Å². The van der Waals surface area contributed by atoms with Gasteiger partial charge in [0.2, 0.25) is 0 Å². The topological polar surface area (TPSA) is 77.9 Å². The van der Waals surface area contributed by atoms with Gasteiger partial charge in [0.25, 0.3) is 10.0 Å². The van der Waals surface area contributed by atoms with Crippen molar-refractivity contribution < 1.29 is 18.3 Å². The second-order valence-electron chi connectivity index (χ2n) is 4.75. The number of piperazine rings is 1. The normalized spacial score (nSPS) is 18.2. The van der Waals surface area contributed by atoms with Crippen molar-refractivity contribution in [3.8, 4) is 0 Å². The molecule has 0 aromatic carbocycles. The summed E-state index contributed by atoms with van der Waals surface area (Å²) >= 11 is 1.28. The Balaban J connectivity index is 1.95. The average molecular weight is 318 g/mol. The van der Waals surface area contributed by atoms with E-state index >= 15 is 0 Å². The van der Waals surface area contributed by atoms with Crippen molar-refractivity contribution in [2.45, 2.75) is 17.6 Å². The minimum absolute atomic E-state index is 0.0941. The van der Waals surface area contributed by atoms with Gasteiger partial charge in [-0.3, -0.25) is 4.79 Å². The van der Waals surface area contributed by atoms with Gasteiger partial charge in [-0.1, -0.05) is 0 Å². The third-order valence-electron chi connectivity index (χ3n) is 3.28. The molecule has 1 saturated heterocycles. The number of carboxylic acids is 1. The number of carbonyl (C=O) groups is 1. The monoisotopic (exact) mass is 318 g/mol. The van der Waals surface area contributed by atoms with E-state index in [4.69, 9.17) is 5.11 Å². The van der Waals surface area contributed by atoms with E-state index in [9.17, 15) is 13.2 Å². The molecule has 0 amide bonds. The van der Waals surface area contributed by atoms with Crippen molar-refractivity contribution in [1.82, 2.24) is 9.21 Å². The van der Waals surface area contributed by atoms with Crippen LogP contribution in [0.2, 0.25) is 0 Å². The molecule has 0 bridgehead atoms. The number of hydrogen-bond donors (Lipinski definition) is 1. The number of nitrogens with zero attached hydrogens (tertiary/aromatic N) is 2. The van der Waals surface area contributed by atoms with E-state index in [1.165, 1.54) is 15.6 Å². The second kappa shape index (κ2) is 6.21. The lowest BCUT2D eigenvalue weighted by Crippen LogP contribution is -2.48. The maximum Gasteiger partial charge on any atom is 0.304 e. The van der Waals surface area contributed by atoms with E-state index in [0.29, 0.717) is 36.9 Å². The Morgan fingerprint density at radius 1 is 1.30 bits per heavy atom. The summed E-state index contributed by atoms with van der Waals surface area (Å²) in [6.45, 7) is 4.35. The number of hydrogen-bond acceptors (Lipinski definition) is 5. The van der Waals surface area contributed by atoms with Crippen LogP contribution in [0.4, 0.5) is 0 Å². The third-order valence-corrected chi connectivity index (χ3v) is 6.65. The van der Waals surface area contributed by atoms with E-state index in [-0.39, 0.29) is 6.42 Å². The predicted molar refractivity (Wildman–Crippen MR) is 76.5 cm³/mol. The first-order valence-corrected chi connectivity index (χ1v) is 8.66. The van der Waals surface area contributed by atoms with Gasteiger partial charge in [-0.2, -0.15) is 4.31 Å². The lowest BCUT2D eigenvalue weighted by molar-refractivity contribution is -0.137. The highest BCUT2D eigenvalue weighted by Crippen LogP contribution is 2.25. The van der Waals surface area contributed by atoms with Crippen LogP contribution in [-0.2, 0) is 14.8 Å². The van der Waals surface area contributed by atoms with Gasteiger partial charge in [0.1, 0.15) is 4.21 Å². The van der Waals surface area contributed by atoms with Gasteiger partial charge in [-0.25, -0.2) is 8.42 Å². The van der Waals surface area contributed by atoms with Gasteiger partial charge in [-0.05, 0) is 19.1 Å². The number of aliphatic carboxylic acids is 1. The van der Waals surface area contributed by atoms with Crippen molar-refractivity contribution in [2.24, 2.45) is 0 Å². The summed E-state index contributed by atoms with van der Waals surface area (Å²) in [5.41, 5.74) is 0. The molecule has 1 aromatic heterocycles. The molecule has 0 radical (unpaired) electrons. The lowest BCUT2D eigenvalue weighted by Gasteiger charge is -2.33. The quantitative estimate of drug-likeness (QED) is 0.870. The molecule has 1 fully saturated rings. The van der Waals surface area contributed by atoms with Gasteiger partial charge in [-0.15, -0.1) is 11.3 Å². The molecule has 1 aliphatic heterocycles. The molecule has 0 unspecified atom stereocenters. The van der Waals surface area contributed by atoms with Crippen molar-refractivity contribution in [3.63, 3.8) is 0 Å². The zero-order valence-corrected chi connectivity index (χ0v) is 12.9. The van der Waals surface area contributed by atoms with Crippen LogP contribution < -0.4 is 0 Å². The Labute approximate surface area is 122 Å². The van der Waals surface area contributed by atoms with Crippen molar-refractivity contribution >= 4 is 27.3 Å². The largest absolute Gasteiger partial charge is 0.481 e. The van der Waals surface area contributed by atoms with Crippen LogP contribution in [0.25, 0.3) is 0 Å². The van der Waals surface area contributed by atoms with Crippen LogP contribution in [0, 0.1) is 6.92 Å². The molecule has 8 heteroatoms. The average Bonchev–Trinajstić information content (AvgIpc) is 2.84. The first-order chi connectivity index (χ1) is 9.39. The fourth-order valence-electron chi connectivity index (χ4n) is 2.13. The van der Waals surface area contributed by atoms with E-state index < -0.39 is 16.0 Å². The molecule has 6 nitrogen and oxygen atoms in total. The summed E-state index contributed by atoms with van der Waals surface area (Å²) in [6.07, 6.45) is 0.0941. The number of sulfonamides is 1. The molecule has 0 spiro atoms. The molecule has 1 N–H and O–H groups in total. The number of aryl methyl sites for hydroxylation is 1. The molecule has 1 aromatic rings. The highest BCUT2D eigenvalue weighted by Gasteiger charge is 2.29. The van der Waals surface area contributed by atoms with E-state index in [1.807, 2.05) is 11.8 Å². The summed E-state index contributed by atoms with van der Waals surface area (Å²) in [7, 11) is -3.39. The maximum atomic E-state index is 12.4. The van der Waals surface area contributed by atoms with Crippen LogP contribution in [0.5, 0.6) is 0 Å². The molecule has 112 valence electrons. The molecule has 2 rings (SSSR count). The standard InChI is InChI=1S/C12H18N2O4S2/c1-10-2-3-12(19-10)20(17,18)14-8-6-13(7-9-14)5-4-11(15)16/h2-3H,4-9H2,1H3,(H,15,16). The van der Waals surface area contributed by atoms with E-state index in [2.05, 4.69) is 0 Å². The van der Waals surface area contributed by atoms with Gasteiger partial charge >= 0.3 is 5.97 Å². The van der Waals surface area contributed by atoms with Crippen LogP contribution >= 0.6 is 11.3 Å². The minimum atomic E-state index is -3.39. The van der Waals surface area contributed by atoms with Crippen molar-refractivity contribution in [1.29, 1.82) is 0 Å². The third kappa shape index (κ3) is 3.57. The zero-order chi connectivity index (χ0) is 14.8. The lowest BCUT2D eigenvalue weighted by atomic mass is 10.3. The van der Waals surface area contributed by atoms with Gasteiger partial charge in [0, 0.05) is 37.6 Å². The Morgan fingerprint density at radius 2 is 1.95 bits per heavy atom. The summed E-state index contributed by atoms with van der Waals surface area (Å²) in [5.74, 6) is -0.825.